The summed E-state index contributed by atoms with van der Waals surface area (Å²) in [5.74, 6) is -1.12. The molecule has 3 nitrogen and oxygen atoms in total. The van der Waals surface area contributed by atoms with Crippen LogP contribution >= 0.6 is 0 Å². The van der Waals surface area contributed by atoms with Crippen LogP contribution in [0.5, 0.6) is 0 Å². The SMILES string of the molecule is CCCCC/C=C\C/C=C\CCCCCCCCC(C)(O)C(=O)O. The van der Waals surface area contributed by atoms with Crippen LogP contribution < -0.4 is 0 Å². The molecule has 0 aliphatic heterocycles. The van der Waals surface area contributed by atoms with Gasteiger partial charge in [0.1, 0.15) is 0 Å². The van der Waals surface area contributed by atoms with Gasteiger partial charge in [0.25, 0.3) is 0 Å². The van der Waals surface area contributed by atoms with Gasteiger partial charge in [-0.25, -0.2) is 4.79 Å². The molecule has 0 fully saturated rings. The molecule has 0 aromatic heterocycles. The number of unbranched alkanes of at least 4 members (excludes halogenated alkanes) is 9. The quantitative estimate of drug-likeness (QED) is 0.267. The van der Waals surface area contributed by atoms with Gasteiger partial charge in [-0.3, -0.25) is 0 Å². The third kappa shape index (κ3) is 14.5. The molecule has 3 heteroatoms. The first-order valence-corrected chi connectivity index (χ1v) is 9.76. The first-order valence-electron chi connectivity index (χ1n) is 9.76. The van der Waals surface area contributed by atoms with Gasteiger partial charge in [-0.05, 0) is 51.9 Å². The normalized spacial score (nSPS) is 14.5. The second-order valence-corrected chi connectivity index (χ2v) is 6.91. The Morgan fingerprint density at radius 2 is 1.33 bits per heavy atom. The summed E-state index contributed by atoms with van der Waals surface area (Å²) in [5.41, 5.74) is -1.56. The Morgan fingerprint density at radius 3 is 1.88 bits per heavy atom. The van der Waals surface area contributed by atoms with Crippen LogP contribution in [0, 0.1) is 0 Å². The van der Waals surface area contributed by atoms with Gasteiger partial charge < -0.3 is 10.2 Å². The van der Waals surface area contributed by atoms with Crippen LogP contribution in [0.4, 0.5) is 0 Å². The number of carbonyl (C=O) groups is 1. The maximum atomic E-state index is 10.8. The van der Waals surface area contributed by atoms with E-state index in [0.29, 0.717) is 6.42 Å². The standard InChI is InChI=1S/C21H38O3/c1-3-4-5-6-7-8-9-10-11-12-13-14-15-16-17-18-19-21(2,24)20(22)23/h7-8,10-11,24H,3-6,9,12-19H2,1-2H3,(H,22,23)/b8-7-,11-10-. The van der Waals surface area contributed by atoms with Crippen molar-refractivity contribution in [2.75, 3.05) is 0 Å². The van der Waals surface area contributed by atoms with Gasteiger partial charge in [0.2, 0.25) is 0 Å². The van der Waals surface area contributed by atoms with E-state index in [1.54, 1.807) is 0 Å². The highest BCUT2D eigenvalue weighted by Crippen LogP contribution is 2.16. The molecule has 0 heterocycles. The molecule has 0 amide bonds. The van der Waals surface area contributed by atoms with E-state index in [0.717, 1.165) is 32.1 Å². The van der Waals surface area contributed by atoms with Crippen LogP contribution in [0.3, 0.4) is 0 Å². The number of carboxylic acid groups (broad SMARTS) is 1. The van der Waals surface area contributed by atoms with E-state index in [1.165, 1.54) is 51.9 Å². The molecule has 0 aromatic carbocycles. The van der Waals surface area contributed by atoms with E-state index in [1.807, 2.05) is 0 Å². The minimum atomic E-state index is -1.56. The molecule has 1 unspecified atom stereocenters. The molecule has 2 N–H and O–H groups in total. The summed E-state index contributed by atoms with van der Waals surface area (Å²) in [4.78, 5) is 10.8. The van der Waals surface area contributed by atoms with Gasteiger partial charge in [0, 0.05) is 0 Å². The number of allylic oxidation sites excluding steroid dienone is 4. The smallest absolute Gasteiger partial charge is 0.335 e. The van der Waals surface area contributed by atoms with Crippen molar-refractivity contribution < 1.29 is 15.0 Å². The van der Waals surface area contributed by atoms with Gasteiger partial charge in [-0.2, -0.15) is 0 Å². The van der Waals surface area contributed by atoms with E-state index < -0.39 is 11.6 Å². The molecule has 24 heavy (non-hydrogen) atoms. The molecule has 0 bridgehead atoms. The lowest BCUT2D eigenvalue weighted by Crippen LogP contribution is -2.34. The fourth-order valence-corrected chi connectivity index (χ4v) is 2.56. The summed E-state index contributed by atoms with van der Waals surface area (Å²) < 4.78 is 0. The largest absolute Gasteiger partial charge is 0.479 e. The van der Waals surface area contributed by atoms with Crippen LogP contribution in [-0.4, -0.2) is 21.8 Å². The first-order chi connectivity index (χ1) is 11.5. The van der Waals surface area contributed by atoms with Crippen molar-refractivity contribution in [1.29, 1.82) is 0 Å². The number of hydrogen-bond donors (Lipinski definition) is 2. The molecule has 0 rings (SSSR count). The number of hydrogen-bond acceptors (Lipinski definition) is 2. The van der Waals surface area contributed by atoms with Crippen molar-refractivity contribution in [3.8, 4) is 0 Å². The van der Waals surface area contributed by atoms with E-state index in [-0.39, 0.29) is 0 Å². The molecule has 0 saturated carbocycles. The van der Waals surface area contributed by atoms with Gasteiger partial charge in [-0.15, -0.1) is 0 Å². The summed E-state index contributed by atoms with van der Waals surface area (Å²) in [7, 11) is 0. The van der Waals surface area contributed by atoms with Crippen molar-refractivity contribution in [2.45, 2.75) is 103 Å². The zero-order valence-electron chi connectivity index (χ0n) is 15.8. The molecule has 0 aromatic rings. The Morgan fingerprint density at radius 1 is 0.833 bits per heavy atom. The van der Waals surface area contributed by atoms with Crippen molar-refractivity contribution in [1.82, 2.24) is 0 Å². The fourth-order valence-electron chi connectivity index (χ4n) is 2.56. The number of rotatable bonds is 16. The average Bonchev–Trinajstić information content (AvgIpc) is 2.54. The predicted octanol–water partition coefficient (Wildman–Crippen LogP) is 6.03. The molecule has 0 spiro atoms. The van der Waals surface area contributed by atoms with Gasteiger partial charge >= 0.3 is 5.97 Å². The second kappa shape index (κ2) is 15.4. The van der Waals surface area contributed by atoms with Crippen LogP contribution in [0.25, 0.3) is 0 Å². The molecule has 140 valence electrons. The number of carboxylic acids is 1. The minimum absolute atomic E-state index is 0.344. The summed E-state index contributed by atoms with van der Waals surface area (Å²) >= 11 is 0. The zero-order valence-corrected chi connectivity index (χ0v) is 15.8. The molecule has 1 atom stereocenters. The number of aliphatic hydroxyl groups is 1. The second-order valence-electron chi connectivity index (χ2n) is 6.91. The van der Waals surface area contributed by atoms with E-state index in [4.69, 9.17) is 5.11 Å². The third-order valence-corrected chi connectivity index (χ3v) is 4.32. The lowest BCUT2D eigenvalue weighted by molar-refractivity contribution is -0.157. The summed E-state index contributed by atoms with van der Waals surface area (Å²) in [6.45, 7) is 3.61. The van der Waals surface area contributed by atoms with Crippen LogP contribution in [0.1, 0.15) is 97.3 Å². The summed E-state index contributed by atoms with van der Waals surface area (Å²) in [6, 6.07) is 0. The summed E-state index contributed by atoms with van der Waals surface area (Å²) in [5, 5.41) is 18.4. The average molecular weight is 339 g/mol. The lowest BCUT2D eigenvalue weighted by Gasteiger charge is -2.17. The highest BCUT2D eigenvalue weighted by molar-refractivity contribution is 5.76. The Kier molecular flexibility index (Phi) is 14.7. The minimum Gasteiger partial charge on any atom is -0.479 e. The van der Waals surface area contributed by atoms with Crippen molar-refractivity contribution >= 4 is 5.97 Å². The van der Waals surface area contributed by atoms with E-state index in [9.17, 15) is 9.90 Å². The first kappa shape index (κ1) is 22.9. The van der Waals surface area contributed by atoms with Crippen molar-refractivity contribution in [2.24, 2.45) is 0 Å². The molecule has 0 aliphatic rings. The highest BCUT2D eigenvalue weighted by atomic mass is 16.4. The Balaban J connectivity index is 3.33. The van der Waals surface area contributed by atoms with E-state index >= 15 is 0 Å². The highest BCUT2D eigenvalue weighted by Gasteiger charge is 2.28. The third-order valence-electron chi connectivity index (χ3n) is 4.32. The maximum Gasteiger partial charge on any atom is 0.335 e. The Hall–Kier alpha value is -1.09. The molecular weight excluding hydrogens is 300 g/mol. The van der Waals surface area contributed by atoms with E-state index in [2.05, 4.69) is 31.2 Å². The van der Waals surface area contributed by atoms with Crippen molar-refractivity contribution in [3.05, 3.63) is 24.3 Å². The van der Waals surface area contributed by atoms with Crippen LogP contribution in [0.15, 0.2) is 24.3 Å². The maximum absolute atomic E-state index is 10.8. The zero-order chi connectivity index (χ0) is 18.1. The predicted molar refractivity (Wildman–Crippen MR) is 102 cm³/mol. The Labute approximate surface area is 148 Å². The summed E-state index contributed by atoms with van der Waals surface area (Å²) in [6.07, 6.45) is 23.3. The monoisotopic (exact) mass is 338 g/mol. The number of aliphatic carboxylic acids is 1. The van der Waals surface area contributed by atoms with Crippen LogP contribution in [0.2, 0.25) is 0 Å². The molecular formula is C21H38O3. The lowest BCUT2D eigenvalue weighted by atomic mass is 9.98. The molecule has 0 radical (unpaired) electrons. The molecule has 0 saturated heterocycles. The fraction of sp³-hybridized carbons (Fsp3) is 0.762. The van der Waals surface area contributed by atoms with Gasteiger partial charge in [0.15, 0.2) is 5.60 Å². The van der Waals surface area contributed by atoms with Gasteiger partial charge in [0.05, 0.1) is 0 Å². The molecule has 0 aliphatic carbocycles. The van der Waals surface area contributed by atoms with Crippen molar-refractivity contribution in [3.63, 3.8) is 0 Å². The van der Waals surface area contributed by atoms with Crippen LogP contribution in [-0.2, 0) is 4.79 Å². The Bertz CT molecular complexity index is 356. The van der Waals surface area contributed by atoms with Gasteiger partial charge in [-0.1, -0.05) is 69.8 Å². The topological polar surface area (TPSA) is 57.5 Å².